The molecule has 0 aliphatic rings. The van der Waals surface area contributed by atoms with E-state index < -0.39 is 12.2 Å². The van der Waals surface area contributed by atoms with Crippen molar-refractivity contribution < 1.29 is 22.5 Å². The lowest BCUT2D eigenvalue weighted by Gasteiger charge is -1.99. The Balaban J connectivity index is 4.26. The molecule has 27 heavy (non-hydrogen) atoms. The molecule has 0 unspecified atom stereocenters. The van der Waals surface area contributed by atoms with E-state index in [0.717, 1.165) is 6.42 Å². The highest BCUT2D eigenvalue weighted by atomic mass is 16.5. The summed E-state index contributed by atoms with van der Waals surface area (Å²) in [7, 11) is 1.37. The third kappa shape index (κ3) is 18.4. The van der Waals surface area contributed by atoms with Gasteiger partial charge in [0.2, 0.25) is 0 Å². The normalized spacial score (nSPS) is 17.0. The summed E-state index contributed by atoms with van der Waals surface area (Å²) in [6.45, 7) is 2.01. The second kappa shape index (κ2) is 18.6. The Kier molecular flexibility index (Phi) is 14.6. The van der Waals surface area contributed by atoms with Crippen LogP contribution in [-0.2, 0) is 9.53 Å². The number of hydrogen-bond acceptors (Lipinski definition) is 4. The molecule has 2 N–H and O–H groups in total. The smallest absolute Gasteiger partial charge is 0.305 e. The molecular formula is C23H34O4. The van der Waals surface area contributed by atoms with Gasteiger partial charge < -0.3 is 14.9 Å². The molecule has 0 saturated heterocycles. The zero-order valence-corrected chi connectivity index (χ0v) is 16.4. The van der Waals surface area contributed by atoms with E-state index in [9.17, 15) is 15.0 Å². The van der Waals surface area contributed by atoms with E-state index in [1.165, 1.54) is 31.4 Å². The van der Waals surface area contributed by atoms with Crippen molar-refractivity contribution in [3.63, 3.8) is 0 Å². The predicted octanol–water partition coefficient (Wildman–Crippen LogP) is 4.58. The molecule has 0 amide bonds. The van der Waals surface area contributed by atoms with Crippen LogP contribution in [0.25, 0.3) is 0 Å². The van der Waals surface area contributed by atoms with Gasteiger partial charge in [-0.25, -0.2) is 0 Å². The van der Waals surface area contributed by atoms with Crippen molar-refractivity contribution in [2.75, 3.05) is 7.11 Å². The van der Waals surface area contributed by atoms with Gasteiger partial charge in [0.1, 0.15) is 0 Å². The number of esters is 1. The maximum Gasteiger partial charge on any atom is 0.305 e. The zero-order chi connectivity index (χ0) is 21.9. The lowest BCUT2D eigenvalue weighted by molar-refractivity contribution is -0.140. The van der Waals surface area contributed by atoms with Gasteiger partial charge in [0.05, 0.1) is 22.1 Å². The molecule has 0 aromatic heterocycles. The Labute approximate surface area is 166 Å². The van der Waals surface area contributed by atoms with Gasteiger partial charge in [0.25, 0.3) is 0 Å². The molecular weight excluding hydrogens is 340 g/mol. The largest absolute Gasteiger partial charge is 0.469 e. The van der Waals surface area contributed by atoms with E-state index in [1.807, 2.05) is 43.4 Å². The number of carbonyl (C=O) groups is 1. The summed E-state index contributed by atoms with van der Waals surface area (Å²) in [5.41, 5.74) is 0. The molecule has 0 heterocycles. The summed E-state index contributed by atoms with van der Waals surface area (Å²) >= 11 is 0. The SMILES string of the molecule is [3H]C(/C=C\C([3H])=C\[C@@H](O)C/C=C\C/C=C\CCC(=O)OC)=C\[C@@H](O)C/C=C\CC. The molecule has 0 aromatic rings. The molecule has 2 atom stereocenters. The Morgan fingerprint density at radius 1 is 0.963 bits per heavy atom. The topological polar surface area (TPSA) is 66.8 Å². The van der Waals surface area contributed by atoms with E-state index in [2.05, 4.69) is 4.74 Å². The quantitative estimate of drug-likeness (QED) is 0.264. The van der Waals surface area contributed by atoms with E-state index in [-0.39, 0.29) is 18.1 Å². The summed E-state index contributed by atoms with van der Waals surface area (Å²) in [5, 5.41) is 19.7. The van der Waals surface area contributed by atoms with Crippen molar-refractivity contribution in [2.24, 2.45) is 0 Å². The zero-order valence-electron chi connectivity index (χ0n) is 18.4. The van der Waals surface area contributed by atoms with Gasteiger partial charge in [0.15, 0.2) is 0 Å². The van der Waals surface area contributed by atoms with Crippen LogP contribution in [0, 0.1) is 0 Å². The van der Waals surface area contributed by atoms with Crippen molar-refractivity contribution >= 4 is 5.97 Å². The van der Waals surface area contributed by atoms with Crippen molar-refractivity contribution in [3.8, 4) is 0 Å². The van der Waals surface area contributed by atoms with Crippen LogP contribution in [0.4, 0.5) is 0 Å². The van der Waals surface area contributed by atoms with E-state index in [4.69, 9.17) is 2.74 Å². The van der Waals surface area contributed by atoms with Gasteiger partial charge in [-0.05, 0) is 32.1 Å². The average molecular weight is 379 g/mol. The summed E-state index contributed by atoms with van der Waals surface area (Å²) in [6, 6.07) is 0.223. The molecule has 4 nitrogen and oxygen atoms in total. The van der Waals surface area contributed by atoms with Crippen molar-refractivity contribution in [1.82, 2.24) is 0 Å². The van der Waals surface area contributed by atoms with Crippen LogP contribution in [0.2, 0.25) is 0 Å². The van der Waals surface area contributed by atoms with Crippen molar-refractivity contribution in [1.29, 1.82) is 0 Å². The van der Waals surface area contributed by atoms with Crippen LogP contribution in [0.1, 0.15) is 48.2 Å². The van der Waals surface area contributed by atoms with Crippen LogP contribution in [-0.4, -0.2) is 35.5 Å². The summed E-state index contributed by atoms with van der Waals surface area (Å²) < 4.78 is 20.1. The fourth-order valence-corrected chi connectivity index (χ4v) is 1.90. The monoisotopic (exact) mass is 378 g/mol. The molecule has 0 spiro atoms. The molecule has 0 bridgehead atoms. The van der Waals surface area contributed by atoms with E-state index in [1.54, 1.807) is 0 Å². The first-order valence-electron chi connectivity index (χ1n) is 10.3. The number of rotatable bonds is 14. The number of aliphatic hydroxyl groups is 2. The Morgan fingerprint density at radius 3 is 2.07 bits per heavy atom. The minimum atomic E-state index is -0.783. The minimum Gasteiger partial charge on any atom is -0.469 e. The van der Waals surface area contributed by atoms with Crippen LogP contribution in [0.3, 0.4) is 0 Å². The Bertz CT molecular complexity index is 631. The molecule has 0 aliphatic carbocycles. The number of hydrogen-bond donors (Lipinski definition) is 2. The minimum absolute atomic E-state index is 0.104. The highest BCUT2D eigenvalue weighted by molar-refractivity contribution is 5.69. The maximum atomic E-state index is 10.9. The second-order valence-electron chi connectivity index (χ2n) is 5.78. The number of carbonyl (C=O) groups excluding carboxylic acids is 1. The van der Waals surface area contributed by atoms with Gasteiger partial charge in [-0.3, -0.25) is 4.79 Å². The van der Waals surface area contributed by atoms with Gasteiger partial charge in [-0.1, -0.05) is 79.8 Å². The molecule has 150 valence electrons. The predicted molar refractivity (Wildman–Crippen MR) is 112 cm³/mol. The van der Waals surface area contributed by atoms with Gasteiger partial charge >= 0.3 is 5.97 Å². The molecule has 0 fully saturated rings. The number of methoxy groups -OCH3 is 1. The van der Waals surface area contributed by atoms with Crippen molar-refractivity contribution in [2.45, 2.75) is 57.7 Å². The fraction of sp³-hybridized carbons (Fsp3) is 0.435. The lowest BCUT2D eigenvalue weighted by atomic mass is 10.2. The molecule has 0 saturated carbocycles. The summed E-state index contributed by atoms with van der Waals surface area (Å²) in [5.74, 6) is -0.228. The maximum absolute atomic E-state index is 10.9. The van der Waals surface area contributed by atoms with Crippen LogP contribution in [0.5, 0.6) is 0 Å². The molecule has 0 radical (unpaired) electrons. The fourth-order valence-electron chi connectivity index (χ4n) is 1.90. The van der Waals surface area contributed by atoms with Gasteiger partial charge in [-0.15, -0.1) is 0 Å². The van der Waals surface area contributed by atoms with E-state index >= 15 is 0 Å². The molecule has 0 rings (SSSR count). The van der Waals surface area contributed by atoms with Gasteiger partial charge in [-0.2, -0.15) is 0 Å². The lowest BCUT2D eigenvalue weighted by Crippen LogP contribution is -1.99. The van der Waals surface area contributed by atoms with Crippen LogP contribution < -0.4 is 0 Å². The first kappa shape index (κ1) is 21.1. The van der Waals surface area contributed by atoms with E-state index in [0.29, 0.717) is 32.1 Å². The van der Waals surface area contributed by atoms with Crippen LogP contribution >= 0.6 is 0 Å². The Hall–Kier alpha value is -2.17. The number of aliphatic hydroxyl groups excluding tert-OH is 2. The third-order valence-corrected chi connectivity index (χ3v) is 3.36. The summed E-state index contributed by atoms with van der Waals surface area (Å²) in [6.07, 6.45) is 19.0. The standard InChI is InChI=1S/C23H34O4/c1-3-4-11-16-21(24)18-13-9-10-14-19-22(25)17-12-7-5-6-8-15-20-23(26)27-2/h4,6-14,18-19,21-22,24-25H,3,5,15-17,20H2,1-2H3/b8-6-,10-9-,11-4-,12-7-,18-13+,19-14+/t21-,22-/m0/s1/i13T,14T. The average Bonchev–Trinajstić information content (AvgIpc) is 2.68. The third-order valence-electron chi connectivity index (χ3n) is 3.36. The molecule has 0 aliphatic heterocycles. The first-order valence-corrected chi connectivity index (χ1v) is 9.31. The first-order chi connectivity index (χ1) is 13.9. The van der Waals surface area contributed by atoms with Crippen molar-refractivity contribution in [3.05, 3.63) is 72.9 Å². The highest BCUT2D eigenvalue weighted by Crippen LogP contribution is 2.00. The molecule has 0 aromatic carbocycles. The number of ether oxygens (including phenoxy) is 1. The summed E-state index contributed by atoms with van der Waals surface area (Å²) in [4.78, 5) is 10.9. The molecule has 4 heteroatoms. The number of allylic oxidation sites excluding steroid dienone is 8. The highest BCUT2D eigenvalue weighted by Gasteiger charge is 1.95. The Morgan fingerprint density at radius 2 is 1.52 bits per heavy atom. The second-order valence-corrected chi connectivity index (χ2v) is 5.78. The van der Waals surface area contributed by atoms with Crippen LogP contribution in [0.15, 0.2) is 72.9 Å². The van der Waals surface area contributed by atoms with Gasteiger partial charge in [0, 0.05) is 6.42 Å².